The summed E-state index contributed by atoms with van der Waals surface area (Å²) in [7, 11) is 0. The second kappa shape index (κ2) is 5.50. The number of Topliss-reactive ketones (excluding diaryl/α,β-unsaturated/α-hetero) is 1. The van der Waals surface area contributed by atoms with E-state index in [2.05, 4.69) is 5.32 Å². The van der Waals surface area contributed by atoms with Crippen molar-refractivity contribution in [2.75, 3.05) is 11.9 Å². The molecule has 0 fully saturated rings. The summed E-state index contributed by atoms with van der Waals surface area (Å²) in [4.78, 5) is 10.8. The molecular formula is C11H9F6NO. The fourth-order valence-electron chi connectivity index (χ4n) is 1.25. The first-order valence-electron chi connectivity index (χ1n) is 5.12. The highest BCUT2D eigenvalue weighted by atomic mass is 19.4. The number of anilines is 1. The van der Waals surface area contributed by atoms with E-state index in [0.29, 0.717) is 0 Å². The zero-order chi connectivity index (χ0) is 14.7. The van der Waals surface area contributed by atoms with E-state index in [0.717, 1.165) is 24.3 Å². The minimum Gasteiger partial charge on any atom is -0.385 e. The second-order valence-electron chi connectivity index (χ2n) is 3.70. The second-order valence-corrected chi connectivity index (χ2v) is 3.70. The van der Waals surface area contributed by atoms with Crippen LogP contribution in [0.2, 0.25) is 0 Å². The van der Waals surface area contributed by atoms with Crippen molar-refractivity contribution >= 4 is 11.5 Å². The number of benzene rings is 1. The Morgan fingerprint density at radius 2 is 1.53 bits per heavy atom. The number of rotatable bonds is 4. The first kappa shape index (κ1) is 15.3. The van der Waals surface area contributed by atoms with Gasteiger partial charge in [0.2, 0.25) is 0 Å². The topological polar surface area (TPSA) is 29.1 Å². The standard InChI is InChI=1S/C11H9F6NO/c12-10(13,14)5-6-18-8-3-1-7(2-4-8)9(19)11(15,16)17/h1-4,18H,5-6H2. The van der Waals surface area contributed by atoms with Crippen molar-refractivity contribution in [2.45, 2.75) is 18.8 Å². The van der Waals surface area contributed by atoms with Crippen LogP contribution in [0.1, 0.15) is 16.8 Å². The Morgan fingerprint density at radius 1 is 1.00 bits per heavy atom. The lowest BCUT2D eigenvalue weighted by atomic mass is 10.1. The van der Waals surface area contributed by atoms with Crippen LogP contribution >= 0.6 is 0 Å². The molecule has 0 unspecified atom stereocenters. The molecule has 0 atom stereocenters. The average Bonchev–Trinajstić information content (AvgIpc) is 2.26. The number of carbonyl (C=O) groups is 1. The van der Waals surface area contributed by atoms with Crippen molar-refractivity contribution in [3.8, 4) is 0 Å². The molecule has 106 valence electrons. The van der Waals surface area contributed by atoms with Gasteiger partial charge in [0.15, 0.2) is 0 Å². The Bertz CT molecular complexity index is 434. The summed E-state index contributed by atoms with van der Waals surface area (Å²) in [5.41, 5.74) is -0.350. The summed E-state index contributed by atoms with van der Waals surface area (Å²) in [6, 6.07) is 4.06. The summed E-state index contributed by atoms with van der Waals surface area (Å²) in [5.74, 6) is -1.99. The van der Waals surface area contributed by atoms with Gasteiger partial charge >= 0.3 is 12.4 Å². The highest BCUT2D eigenvalue weighted by molar-refractivity contribution is 6.00. The first-order valence-corrected chi connectivity index (χ1v) is 5.12. The molecule has 0 aliphatic rings. The van der Waals surface area contributed by atoms with Gasteiger partial charge < -0.3 is 5.32 Å². The lowest BCUT2D eigenvalue weighted by Gasteiger charge is -2.10. The third-order valence-corrected chi connectivity index (χ3v) is 2.14. The molecule has 0 saturated carbocycles. The van der Waals surface area contributed by atoms with Crippen molar-refractivity contribution in [1.29, 1.82) is 0 Å². The van der Waals surface area contributed by atoms with Crippen molar-refractivity contribution < 1.29 is 31.1 Å². The molecule has 0 aliphatic carbocycles. The lowest BCUT2D eigenvalue weighted by Crippen LogP contribution is -2.22. The molecule has 0 saturated heterocycles. The van der Waals surface area contributed by atoms with Crippen LogP contribution in [0.3, 0.4) is 0 Å². The monoisotopic (exact) mass is 285 g/mol. The van der Waals surface area contributed by atoms with E-state index in [1.54, 1.807) is 0 Å². The maximum absolute atomic E-state index is 12.1. The van der Waals surface area contributed by atoms with Crippen LogP contribution in [0.4, 0.5) is 32.0 Å². The highest BCUT2D eigenvalue weighted by Crippen LogP contribution is 2.23. The summed E-state index contributed by atoms with van der Waals surface area (Å²) in [6.07, 6.45) is -10.3. The number of carbonyl (C=O) groups excluding carboxylic acids is 1. The molecule has 0 amide bonds. The predicted molar refractivity (Wildman–Crippen MR) is 56.0 cm³/mol. The van der Waals surface area contributed by atoms with Gasteiger partial charge in [-0.1, -0.05) is 0 Å². The minimum absolute atomic E-state index is 0.211. The molecule has 0 spiro atoms. The SMILES string of the molecule is O=C(c1ccc(NCCC(F)(F)F)cc1)C(F)(F)F. The minimum atomic E-state index is -4.97. The van der Waals surface area contributed by atoms with Crippen molar-refractivity contribution in [1.82, 2.24) is 0 Å². The maximum Gasteiger partial charge on any atom is 0.454 e. The molecular weight excluding hydrogens is 276 g/mol. The van der Waals surface area contributed by atoms with E-state index in [1.807, 2.05) is 0 Å². The molecule has 1 aromatic rings. The van der Waals surface area contributed by atoms with Crippen LogP contribution in [0.5, 0.6) is 0 Å². The van der Waals surface area contributed by atoms with E-state index in [-0.39, 0.29) is 5.69 Å². The zero-order valence-corrected chi connectivity index (χ0v) is 9.40. The van der Waals surface area contributed by atoms with Crippen LogP contribution in [-0.2, 0) is 0 Å². The number of alkyl halides is 6. The molecule has 1 rings (SSSR count). The average molecular weight is 285 g/mol. The van der Waals surface area contributed by atoms with E-state index < -0.39 is 36.7 Å². The summed E-state index contributed by atoms with van der Waals surface area (Å²) in [6.45, 7) is -0.393. The largest absolute Gasteiger partial charge is 0.454 e. The molecule has 19 heavy (non-hydrogen) atoms. The lowest BCUT2D eigenvalue weighted by molar-refractivity contribution is -0.131. The number of hydrogen-bond donors (Lipinski definition) is 1. The molecule has 1 N–H and O–H groups in total. The fourth-order valence-corrected chi connectivity index (χ4v) is 1.25. The number of halogens is 6. The van der Waals surface area contributed by atoms with Crippen LogP contribution in [0.25, 0.3) is 0 Å². The van der Waals surface area contributed by atoms with Crippen LogP contribution in [0, 0.1) is 0 Å². The number of hydrogen-bond acceptors (Lipinski definition) is 2. The maximum atomic E-state index is 12.1. The molecule has 0 heterocycles. The van der Waals surface area contributed by atoms with Gasteiger partial charge in [-0.25, -0.2) is 0 Å². The third kappa shape index (κ3) is 5.19. The molecule has 2 nitrogen and oxygen atoms in total. The van der Waals surface area contributed by atoms with Crippen molar-refractivity contribution in [2.24, 2.45) is 0 Å². The van der Waals surface area contributed by atoms with E-state index in [9.17, 15) is 31.1 Å². The van der Waals surface area contributed by atoms with Crippen molar-refractivity contribution in [3.05, 3.63) is 29.8 Å². The van der Waals surface area contributed by atoms with E-state index >= 15 is 0 Å². The Kier molecular flexibility index (Phi) is 4.43. The van der Waals surface area contributed by atoms with Gasteiger partial charge in [-0.2, -0.15) is 26.3 Å². The van der Waals surface area contributed by atoms with Crippen LogP contribution in [-0.4, -0.2) is 24.7 Å². The van der Waals surface area contributed by atoms with E-state index in [4.69, 9.17) is 0 Å². The first-order chi connectivity index (χ1) is 8.59. The Labute approximate surface area is 104 Å². The fraction of sp³-hybridized carbons (Fsp3) is 0.364. The van der Waals surface area contributed by atoms with Gasteiger partial charge in [0.05, 0.1) is 6.42 Å². The Morgan fingerprint density at radius 3 is 1.95 bits per heavy atom. The number of nitrogens with one attached hydrogen (secondary N) is 1. The van der Waals surface area contributed by atoms with Crippen molar-refractivity contribution in [3.63, 3.8) is 0 Å². The van der Waals surface area contributed by atoms with Gasteiger partial charge in [-0.15, -0.1) is 0 Å². The molecule has 0 aromatic heterocycles. The van der Waals surface area contributed by atoms with Gasteiger partial charge in [0, 0.05) is 17.8 Å². The normalized spacial score (nSPS) is 12.3. The Balaban J connectivity index is 2.60. The smallest absolute Gasteiger partial charge is 0.385 e. The van der Waals surface area contributed by atoms with Gasteiger partial charge in [-0.05, 0) is 24.3 Å². The quantitative estimate of drug-likeness (QED) is 0.673. The van der Waals surface area contributed by atoms with Gasteiger partial charge in [0.25, 0.3) is 5.78 Å². The van der Waals surface area contributed by atoms with Crippen LogP contribution < -0.4 is 5.32 Å². The van der Waals surface area contributed by atoms with Gasteiger partial charge in [0.1, 0.15) is 0 Å². The molecule has 0 radical (unpaired) electrons. The number of ketones is 1. The summed E-state index contributed by atoms with van der Waals surface area (Å²) >= 11 is 0. The molecule has 1 aromatic carbocycles. The molecule has 8 heteroatoms. The molecule has 0 bridgehead atoms. The highest BCUT2D eigenvalue weighted by Gasteiger charge is 2.39. The third-order valence-electron chi connectivity index (χ3n) is 2.14. The Hall–Kier alpha value is -1.73. The zero-order valence-electron chi connectivity index (χ0n) is 9.40. The molecule has 0 aliphatic heterocycles. The summed E-state index contributed by atoms with van der Waals surface area (Å²) < 4.78 is 71.8. The van der Waals surface area contributed by atoms with E-state index in [1.165, 1.54) is 0 Å². The van der Waals surface area contributed by atoms with Crippen LogP contribution in [0.15, 0.2) is 24.3 Å². The predicted octanol–water partition coefficient (Wildman–Crippen LogP) is 3.80. The van der Waals surface area contributed by atoms with Gasteiger partial charge in [-0.3, -0.25) is 4.79 Å². The summed E-state index contributed by atoms with van der Waals surface area (Å²) in [5, 5.41) is 2.39.